The van der Waals surface area contributed by atoms with Gasteiger partial charge in [-0.15, -0.1) is 0 Å². The first-order valence-electron chi connectivity index (χ1n) is 7.02. The Morgan fingerprint density at radius 1 is 1.19 bits per heavy atom. The van der Waals surface area contributed by atoms with Gasteiger partial charge in [0.05, 0.1) is 6.10 Å². The Hall–Kier alpha value is -1.88. The van der Waals surface area contributed by atoms with Crippen LogP contribution < -0.4 is 0 Å². The van der Waals surface area contributed by atoms with Crippen molar-refractivity contribution >= 4 is 11.9 Å². The Kier molecular flexibility index (Phi) is 4.05. The molecular weight excluding hydrogens is 270 g/mol. The molecule has 1 aromatic rings. The van der Waals surface area contributed by atoms with Gasteiger partial charge in [0.2, 0.25) is 0 Å². The minimum atomic E-state index is -1.08. The molecule has 2 rings (SSSR count). The highest BCUT2D eigenvalue weighted by Crippen LogP contribution is 2.24. The summed E-state index contributed by atoms with van der Waals surface area (Å²) in [6.07, 6.45) is -0.690. The number of carbonyl (C=O) groups excluding carboxylic acids is 1. The van der Waals surface area contributed by atoms with E-state index in [1.165, 1.54) is 4.90 Å². The van der Waals surface area contributed by atoms with Crippen molar-refractivity contribution in [3.8, 4) is 0 Å². The summed E-state index contributed by atoms with van der Waals surface area (Å²) in [5.74, 6) is -1.43. The molecule has 1 aliphatic rings. The molecule has 1 aliphatic heterocycles. The molecule has 1 heterocycles. The molecule has 2 atom stereocenters. The number of hydrogen-bond donors (Lipinski definition) is 2. The summed E-state index contributed by atoms with van der Waals surface area (Å²) in [6.45, 7) is 6.32. The number of rotatable bonds is 2. The zero-order valence-electron chi connectivity index (χ0n) is 12.5. The van der Waals surface area contributed by atoms with Crippen molar-refractivity contribution in [3.05, 3.63) is 35.4 Å². The van der Waals surface area contributed by atoms with Crippen molar-refractivity contribution in [1.82, 2.24) is 4.90 Å². The van der Waals surface area contributed by atoms with Gasteiger partial charge in [-0.3, -0.25) is 4.79 Å². The van der Waals surface area contributed by atoms with E-state index >= 15 is 0 Å². The third-order valence-electron chi connectivity index (χ3n) is 3.82. The van der Waals surface area contributed by atoms with Gasteiger partial charge in [-0.05, 0) is 23.1 Å². The molecule has 21 heavy (non-hydrogen) atoms. The standard InChI is InChI=1S/C16H21NO4/c1-16(2,3)11-6-4-10(5-7-11)14(19)17-9-12(18)8-13(17)15(20)21/h4-7,12-13,18H,8-9H2,1-3H3,(H,20,21)/t12-,13+/m0/s1. The molecule has 1 fully saturated rings. The SMILES string of the molecule is CC(C)(C)c1ccc(C(=O)N2C[C@@H](O)C[C@@H]2C(=O)O)cc1. The van der Waals surface area contributed by atoms with Crippen LogP contribution in [0.5, 0.6) is 0 Å². The van der Waals surface area contributed by atoms with E-state index in [0.717, 1.165) is 5.56 Å². The van der Waals surface area contributed by atoms with Crippen LogP contribution in [0.15, 0.2) is 24.3 Å². The van der Waals surface area contributed by atoms with E-state index in [4.69, 9.17) is 5.11 Å². The summed E-state index contributed by atoms with van der Waals surface area (Å²) in [5, 5.41) is 18.8. The average Bonchev–Trinajstić information content (AvgIpc) is 2.79. The van der Waals surface area contributed by atoms with Crippen molar-refractivity contribution in [2.24, 2.45) is 0 Å². The van der Waals surface area contributed by atoms with Crippen LogP contribution in [0.4, 0.5) is 0 Å². The highest BCUT2D eigenvalue weighted by Gasteiger charge is 2.39. The summed E-state index contributed by atoms with van der Waals surface area (Å²) in [7, 11) is 0. The lowest BCUT2D eigenvalue weighted by atomic mass is 9.86. The van der Waals surface area contributed by atoms with Crippen molar-refractivity contribution in [3.63, 3.8) is 0 Å². The number of amides is 1. The van der Waals surface area contributed by atoms with E-state index in [-0.39, 0.29) is 24.3 Å². The fourth-order valence-electron chi connectivity index (χ4n) is 2.55. The number of carbonyl (C=O) groups is 2. The molecule has 0 radical (unpaired) electrons. The molecule has 1 amide bonds. The number of hydrogen-bond acceptors (Lipinski definition) is 3. The molecule has 2 N–H and O–H groups in total. The number of benzene rings is 1. The van der Waals surface area contributed by atoms with Gasteiger partial charge in [0.1, 0.15) is 6.04 Å². The van der Waals surface area contributed by atoms with Crippen LogP contribution in [0.3, 0.4) is 0 Å². The minimum absolute atomic E-state index is 0.00494. The third kappa shape index (κ3) is 3.24. The minimum Gasteiger partial charge on any atom is -0.480 e. The first-order valence-corrected chi connectivity index (χ1v) is 7.02. The molecule has 114 valence electrons. The number of aliphatic carboxylic acids is 1. The number of carboxylic acid groups (broad SMARTS) is 1. The van der Waals surface area contributed by atoms with E-state index in [9.17, 15) is 14.7 Å². The molecule has 0 unspecified atom stereocenters. The van der Waals surface area contributed by atoms with Gasteiger partial charge in [0.25, 0.3) is 5.91 Å². The molecule has 5 nitrogen and oxygen atoms in total. The van der Waals surface area contributed by atoms with E-state index in [0.29, 0.717) is 5.56 Å². The topological polar surface area (TPSA) is 77.8 Å². The smallest absolute Gasteiger partial charge is 0.326 e. The lowest BCUT2D eigenvalue weighted by molar-refractivity contribution is -0.141. The highest BCUT2D eigenvalue weighted by molar-refractivity contribution is 5.97. The summed E-state index contributed by atoms with van der Waals surface area (Å²) < 4.78 is 0. The molecule has 5 heteroatoms. The Morgan fingerprint density at radius 2 is 1.76 bits per heavy atom. The van der Waals surface area contributed by atoms with Gasteiger partial charge in [-0.2, -0.15) is 0 Å². The monoisotopic (exact) mass is 291 g/mol. The fourth-order valence-corrected chi connectivity index (χ4v) is 2.55. The number of carboxylic acids is 1. The quantitative estimate of drug-likeness (QED) is 0.868. The van der Waals surface area contributed by atoms with Gasteiger partial charge >= 0.3 is 5.97 Å². The van der Waals surface area contributed by atoms with Crippen molar-refractivity contribution in [1.29, 1.82) is 0 Å². The molecule has 0 saturated carbocycles. The Balaban J connectivity index is 2.22. The van der Waals surface area contributed by atoms with Crippen LogP contribution in [0.25, 0.3) is 0 Å². The lowest BCUT2D eigenvalue weighted by Crippen LogP contribution is -2.40. The zero-order chi connectivity index (χ0) is 15.8. The number of nitrogens with zero attached hydrogens (tertiary/aromatic N) is 1. The molecule has 0 bridgehead atoms. The normalized spacial score (nSPS) is 22.4. The molecule has 0 aliphatic carbocycles. The van der Waals surface area contributed by atoms with E-state index in [1.807, 2.05) is 12.1 Å². The molecule has 1 saturated heterocycles. The largest absolute Gasteiger partial charge is 0.480 e. The lowest BCUT2D eigenvalue weighted by Gasteiger charge is -2.22. The van der Waals surface area contributed by atoms with Gasteiger partial charge < -0.3 is 15.1 Å². The zero-order valence-corrected chi connectivity index (χ0v) is 12.5. The number of β-amino-alcohol motifs (C(OH)–C–C–N with tert-alkyl or cyclic N) is 1. The second-order valence-electron chi connectivity index (χ2n) is 6.53. The fraction of sp³-hybridized carbons (Fsp3) is 0.500. The highest BCUT2D eigenvalue weighted by atomic mass is 16.4. The van der Waals surface area contributed by atoms with E-state index < -0.39 is 18.1 Å². The van der Waals surface area contributed by atoms with Crippen molar-refractivity contribution in [2.45, 2.75) is 44.8 Å². The third-order valence-corrected chi connectivity index (χ3v) is 3.82. The Bertz CT molecular complexity index is 544. The number of aliphatic hydroxyl groups excluding tert-OH is 1. The summed E-state index contributed by atoms with van der Waals surface area (Å²) in [4.78, 5) is 24.8. The van der Waals surface area contributed by atoms with Crippen LogP contribution in [0.1, 0.15) is 43.1 Å². The maximum atomic E-state index is 12.4. The summed E-state index contributed by atoms with van der Waals surface area (Å²) in [6, 6.07) is 6.25. The summed E-state index contributed by atoms with van der Waals surface area (Å²) >= 11 is 0. The van der Waals surface area contributed by atoms with Crippen LogP contribution in [-0.4, -0.2) is 45.7 Å². The van der Waals surface area contributed by atoms with Gasteiger partial charge in [0, 0.05) is 18.5 Å². The Labute approximate surface area is 124 Å². The van der Waals surface area contributed by atoms with E-state index in [1.54, 1.807) is 12.1 Å². The molecular formula is C16H21NO4. The Morgan fingerprint density at radius 3 is 2.24 bits per heavy atom. The first-order chi connectivity index (χ1) is 9.70. The predicted octanol–water partition coefficient (Wildman–Crippen LogP) is 1.64. The second-order valence-corrected chi connectivity index (χ2v) is 6.53. The maximum absolute atomic E-state index is 12.4. The molecule has 1 aromatic carbocycles. The predicted molar refractivity (Wildman–Crippen MR) is 78.2 cm³/mol. The van der Waals surface area contributed by atoms with Gasteiger partial charge in [0.15, 0.2) is 0 Å². The number of likely N-dealkylation sites (tertiary alicyclic amines) is 1. The van der Waals surface area contributed by atoms with Crippen LogP contribution in [-0.2, 0) is 10.2 Å². The average molecular weight is 291 g/mol. The van der Waals surface area contributed by atoms with Crippen LogP contribution in [0.2, 0.25) is 0 Å². The van der Waals surface area contributed by atoms with Crippen LogP contribution in [0, 0.1) is 0 Å². The van der Waals surface area contributed by atoms with E-state index in [2.05, 4.69) is 20.8 Å². The van der Waals surface area contributed by atoms with Crippen LogP contribution >= 0.6 is 0 Å². The van der Waals surface area contributed by atoms with Gasteiger partial charge in [-0.25, -0.2) is 4.79 Å². The maximum Gasteiger partial charge on any atom is 0.326 e. The molecule has 0 aromatic heterocycles. The number of aliphatic hydroxyl groups is 1. The van der Waals surface area contributed by atoms with Crippen molar-refractivity contribution in [2.75, 3.05) is 6.54 Å². The van der Waals surface area contributed by atoms with Gasteiger partial charge in [-0.1, -0.05) is 32.9 Å². The second kappa shape index (κ2) is 5.48. The first kappa shape index (κ1) is 15.5. The summed E-state index contributed by atoms with van der Waals surface area (Å²) in [5.41, 5.74) is 1.55. The molecule has 0 spiro atoms. The van der Waals surface area contributed by atoms with Crippen molar-refractivity contribution < 1.29 is 19.8 Å².